The average Bonchev–Trinajstić information content (AvgIpc) is 2.64. The van der Waals surface area contributed by atoms with Crippen LogP contribution in [0.15, 0.2) is 23.4 Å². The van der Waals surface area contributed by atoms with E-state index in [0.29, 0.717) is 4.90 Å². The van der Waals surface area contributed by atoms with E-state index in [1.165, 1.54) is 21.0 Å². The number of hydrogen-bond donors (Lipinski definition) is 2. The van der Waals surface area contributed by atoms with Gasteiger partial charge >= 0.3 is 18.0 Å². The lowest BCUT2D eigenvalue weighted by Gasteiger charge is -2.41. The molecule has 0 saturated carbocycles. The summed E-state index contributed by atoms with van der Waals surface area (Å²) < 4.78 is 19.2. The molecule has 0 unspecified atom stereocenters. The Morgan fingerprint density at radius 1 is 1.31 bits per heavy atom. The van der Waals surface area contributed by atoms with E-state index in [-0.39, 0.29) is 23.6 Å². The smallest absolute Gasteiger partial charge is 0.338 e. The van der Waals surface area contributed by atoms with Gasteiger partial charge in [-0.2, -0.15) is 0 Å². The summed E-state index contributed by atoms with van der Waals surface area (Å²) in [7, 11) is 2.81. The number of ether oxygens (including phenoxy) is 1. The zero-order valence-electron chi connectivity index (χ0n) is 14.2. The molecule has 0 spiro atoms. The van der Waals surface area contributed by atoms with Crippen LogP contribution in [0, 0.1) is 5.82 Å². The largest absolute Gasteiger partial charge is 0.456 e. The van der Waals surface area contributed by atoms with Crippen LogP contribution >= 0.6 is 12.6 Å². The minimum Gasteiger partial charge on any atom is -0.456 e. The van der Waals surface area contributed by atoms with Gasteiger partial charge in [-0.15, -0.1) is 12.6 Å². The minimum atomic E-state index is -0.865. The standard InChI is InChI=1S/C15H17FN4O5S/c1-8(17-24)7-25-12(21)9-4-5-10(16)11(6-9)20-13(22)18(2)15(26)19(3)14(20)23/h4-6,15,24,26H,7H2,1-3H3. The van der Waals surface area contributed by atoms with Crippen molar-refractivity contribution in [3.63, 3.8) is 0 Å². The number of oxime groups is 1. The SMILES string of the molecule is CC(COC(=O)c1ccc(F)c(N2C(=O)N(C)C(S)N(C)C2=O)c1)=NO. The molecule has 0 bridgehead atoms. The lowest BCUT2D eigenvalue weighted by molar-refractivity contribution is 0.0560. The van der Waals surface area contributed by atoms with Gasteiger partial charge in [0.05, 0.1) is 17.0 Å². The molecule has 4 amide bonds. The third-order valence-corrected chi connectivity index (χ3v) is 4.38. The van der Waals surface area contributed by atoms with Gasteiger partial charge in [0.1, 0.15) is 12.4 Å². The second-order valence-electron chi connectivity index (χ2n) is 5.55. The number of thiol groups is 1. The molecule has 1 aliphatic rings. The predicted molar refractivity (Wildman–Crippen MR) is 93.1 cm³/mol. The molecule has 1 aromatic rings. The van der Waals surface area contributed by atoms with Crippen LogP contribution in [0.5, 0.6) is 0 Å². The first-order valence-electron chi connectivity index (χ1n) is 7.35. The van der Waals surface area contributed by atoms with E-state index in [0.717, 1.165) is 28.0 Å². The Balaban J connectivity index is 2.36. The summed E-state index contributed by atoms with van der Waals surface area (Å²) in [5.74, 6) is -1.70. The number of benzene rings is 1. The fraction of sp³-hybridized carbons (Fsp3) is 0.333. The molecule has 0 aromatic heterocycles. The molecular weight excluding hydrogens is 367 g/mol. The summed E-state index contributed by atoms with van der Waals surface area (Å²) in [4.78, 5) is 39.7. The Morgan fingerprint density at radius 3 is 2.42 bits per heavy atom. The molecule has 1 heterocycles. The number of hydrogen-bond acceptors (Lipinski definition) is 7. The van der Waals surface area contributed by atoms with Gasteiger partial charge in [-0.25, -0.2) is 23.7 Å². The number of carbonyl (C=O) groups excluding carboxylic acids is 3. The van der Waals surface area contributed by atoms with Gasteiger partial charge in [-0.3, -0.25) is 9.80 Å². The van der Waals surface area contributed by atoms with E-state index in [1.54, 1.807) is 0 Å². The van der Waals surface area contributed by atoms with Crippen LogP contribution in [-0.4, -0.2) is 65.0 Å². The number of urea groups is 2. The molecule has 11 heteroatoms. The molecule has 1 saturated heterocycles. The third-order valence-electron chi connectivity index (χ3n) is 3.68. The van der Waals surface area contributed by atoms with Crippen LogP contribution in [0.3, 0.4) is 0 Å². The van der Waals surface area contributed by atoms with Gasteiger partial charge in [-0.1, -0.05) is 5.16 Å². The van der Waals surface area contributed by atoms with Gasteiger partial charge in [-0.05, 0) is 25.1 Å². The summed E-state index contributed by atoms with van der Waals surface area (Å²) >= 11 is 4.14. The van der Waals surface area contributed by atoms with E-state index in [2.05, 4.69) is 17.8 Å². The number of nitrogens with zero attached hydrogens (tertiary/aromatic N) is 4. The van der Waals surface area contributed by atoms with E-state index in [9.17, 15) is 18.8 Å². The van der Waals surface area contributed by atoms with Crippen molar-refractivity contribution < 1.29 is 28.7 Å². The fourth-order valence-corrected chi connectivity index (χ4v) is 2.35. The molecule has 140 valence electrons. The Labute approximate surface area is 154 Å². The summed E-state index contributed by atoms with van der Waals surface area (Å²) in [6, 6.07) is 1.56. The Kier molecular flexibility index (Phi) is 5.70. The monoisotopic (exact) mass is 384 g/mol. The van der Waals surface area contributed by atoms with Crippen LogP contribution in [0.1, 0.15) is 17.3 Å². The third kappa shape index (κ3) is 3.57. The van der Waals surface area contributed by atoms with Crippen molar-refractivity contribution in [1.82, 2.24) is 9.80 Å². The molecule has 1 aromatic carbocycles. The van der Waals surface area contributed by atoms with Gasteiger partial charge in [0.15, 0.2) is 5.50 Å². The van der Waals surface area contributed by atoms with Crippen LogP contribution in [0.2, 0.25) is 0 Å². The molecule has 1 aliphatic heterocycles. The predicted octanol–water partition coefficient (Wildman–Crippen LogP) is 1.97. The zero-order valence-corrected chi connectivity index (χ0v) is 15.1. The summed E-state index contributed by atoms with van der Waals surface area (Å²) in [6.45, 7) is 1.17. The van der Waals surface area contributed by atoms with E-state index >= 15 is 0 Å². The quantitative estimate of drug-likeness (QED) is 0.272. The number of rotatable bonds is 4. The van der Waals surface area contributed by atoms with Crippen molar-refractivity contribution in [1.29, 1.82) is 0 Å². The van der Waals surface area contributed by atoms with Crippen molar-refractivity contribution >= 4 is 42.1 Å². The van der Waals surface area contributed by atoms with Gasteiger partial charge in [0, 0.05) is 14.1 Å². The first kappa shape index (κ1) is 19.5. The highest BCUT2D eigenvalue weighted by molar-refractivity contribution is 7.80. The van der Waals surface area contributed by atoms with Crippen molar-refractivity contribution in [3.05, 3.63) is 29.6 Å². The highest BCUT2D eigenvalue weighted by atomic mass is 32.1. The Hall–Kier alpha value is -2.82. The zero-order chi connectivity index (χ0) is 19.6. The maximum atomic E-state index is 14.3. The second kappa shape index (κ2) is 7.60. The lowest BCUT2D eigenvalue weighted by Crippen LogP contribution is -2.62. The summed E-state index contributed by atoms with van der Waals surface area (Å²) in [6.07, 6.45) is 0. The number of esters is 1. The maximum Gasteiger partial charge on any atom is 0.338 e. The normalized spacial score (nSPS) is 16.3. The van der Waals surface area contributed by atoms with Crippen molar-refractivity contribution in [2.45, 2.75) is 12.4 Å². The first-order valence-corrected chi connectivity index (χ1v) is 7.86. The average molecular weight is 384 g/mol. The Bertz CT molecular complexity index is 765. The topological polar surface area (TPSA) is 103 Å². The van der Waals surface area contributed by atoms with Crippen molar-refractivity contribution in [2.75, 3.05) is 25.6 Å². The number of carbonyl (C=O) groups is 3. The van der Waals surface area contributed by atoms with Crippen LogP contribution in [-0.2, 0) is 4.74 Å². The van der Waals surface area contributed by atoms with Crippen LogP contribution in [0.25, 0.3) is 0 Å². The minimum absolute atomic E-state index is 0.0777. The Morgan fingerprint density at radius 2 is 1.88 bits per heavy atom. The van der Waals surface area contributed by atoms with Crippen LogP contribution in [0.4, 0.5) is 19.7 Å². The fourth-order valence-electron chi connectivity index (χ4n) is 2.15. The number of amides is 4. The highest BCUT2D eigenvalue weighted by Crippen LogP contribution is 2.28. The van der Waals surface area contributed by atoms with Crippen LogP contribution < -0.4 is 4.90 Å². The molecule has 1 fully saturated rings. The second-order valence-corrected chi connectivity index (χ2v) is 6.01. The molecule has 0 radical (unpaired) electrons. The summed E-state index contributed by atoms with van der Waals surface area (Å²) in [5.41, 5.74) is -1.11. The maximum absolute atomic E-state index is 14.3. The number of anilines is 1. The molecule has 1 N–H and O–H groups in total. The molecule has 0 aliphatic carbocycles. The van der Waals surface area contributed by atoms with Gasteiger partial charge in [0.2, 0.25) is 0 Å². The molecule has 26 heavy (non-hydrogen) atoms. The van der Waals surface area contributed by atoms with Gasteiger partial charge in [0.25, 0.3) is 0 Å². The molecule has 2 rings (SSSR count). The lowest BCUT2D eigenvalue weighted by atomic mass is 10.1. The molecule has 9 nitrogen and oxygen atoms in total. The number of halogens is 1. The van der Waals surface area contributed by atoms with E-state index in [4.69, 9.17) is 9.94 Å². The van der Waals surface area contributed by atoms with E-state index < -0.39 is 29.3 Å². The molecular formula is C15H17FN4O5S. The first-order chi connectivity index (χ1) is 12.2. The number of imide groups is 1. The van der Waals surface area contributed by atoms with Gasteiger partial charge < -0.3 is 9.94 Å². The highest BCUT2D eigenvalue weighted by Gasteiger charge is 2.41. The summed E-state index contributed by atoms with van der Waals surface area (Å²) in [5, 5.41) is 11.4. The van der Waals surface area contributed by atoms with E-state index in [1.807, 2.05) is 0 Å². The van der Waals surface area contributed by atoms with Crippen molar-refractivity contribution in [2.24, 2.45) is 5.16 Å². The molecule has 0 atom stereocenters. The van der Waals surface area contributed by atoms with Crippen molar-refractivity contribution in [3.8, 4) is 0 Å².